The Morgan fingerprint density at radius 1 is 1.13 bits per heavy atom. The van der Waals surface area contributed by atoms with Gasteiger partial charge in [-0.1, -0.05) is 19.1 Å². The number of nitrogens with one attached hydrogen (secondary N) is 1. The molecule has 3 rings (SSSR count). The third kappa shape index (κ3) is 4.65. The largest absolute Gasteiger partial charge is 0.497 e. The van der Waals surface area contributed by atoms with Crippen LogP contribution in [0.5, 0.6) is 11.5 Å². The molecule has 0 spiro atoms. The number of rotatable bonds is 7. The van der Waals surface area contributed by atoms with E-state index in [1.807, 2.05) is 6.92 Å². The van der Waals surface area contributed by atoms with E-state index in [0.29, 0.717) is 34.9 Å². The zero-order chi connectivity index (χ0) is 21.7. The molecule has 156 valence electrons. The van der Waals surface area contributed by atoms with Gasteiger partial charge in [-0.3, -0.25) is 14.2 Å². The molecule has 1 N–H and O–H groups in total. The number of halogens is 1. The summed E-state index contributed by atoms with van der Waals surface area (Å²) in [5.74, 6) is 0.290. The second-order valence-corrected chi connectivity index (χ2v) is 6.47. The monoisotopic (exact) mass is 411 g/mol. The summed E-state index contributed by atoms with van der Waals surface area (Å²) >= 11 is 0. The van der Waals surface area contributed by atoms with Gasteiger partial charge in [0.1, 0.15) is 29.7 Å². The number of carbonyl (C=O) groups excluding carboxylic acids is 1. The second-order valence-electron chi connectivity index (χ2n) is 6.47. The van der Waals surface area contributed by atoms with Crippen molar-refractivity contribution < 1.29 is 18.7 Å². The molecule has 1 aromatic heterocycles. The van der Waals surface area contributed by atoms with Gasteiger partial charge in [-0.15, -0.1) is 0 Å². The Labute approximate surface area is 173 Å². The van der Waals surface area contributed by atoms with Crippen LogP contribution in [0, 0.1) is 5.82 Å². The maximum atomic E-state index is 13.8. The summed E-state index contributed by atoms with van der Waals surface area (Å²) in [6.07, 6.45) is 0.533. The molecule has 1 heterocycles. The molecule has 0 aliphatic carbocycles. The number of aryl methyl sites for hydroxylation is 1. The molecule has 0 fully saturated rings. The van der Waals surface area contributed by atoms with E-state index >= 15 is 0 Å². The van der Waals surface area contributed by atoms with Crippen molar-refractivity contribution in [3.63, 3.8) is 0 Å². The van der Waals surface area contributed by atoms with Crippen molar-refractivity contribution in [1.82, 2.24) is 9.55 Å². The lowest BCUT2D eigenvalue weighted by Gasteiger charge is -2.15. The number of ether oxygens (including phenoxy) is 2. The molecule has 0 saturated heterocycles. The lowest BCUT2D eigenvalue weighted by Crippen LogP contribution is -2.30. The van der Waals surface area contributed by atoms with Crippen LogP contribution in [0.4, 0.5) is 10.1 Å². The summed E-state index contributed by atoms with van der Waals surface area (Å²) in [7, 11) is 3.00. The summed E-state index contributed by atoms with van der Waals surface area (Å²) in [6, 6.07) is 12.1. The molecule has 3 aromatic rings. The standard InChI is InChI=1S/C22H22FN3O4/c1-4-16-11-21(28)26(22(24-16)14-6-5-7-15(23)10-14)13-20(27)25-18-12-17(29-2)8-9-19(18)30-3/h5-12H,4,13H2,1-3H3,(H,25,27). The zero-order valence-electron chi connectivity index (χ0n) is 16.9. The van der Waals surface area contributed by atoms with Gasteiger partial charge in [-0.25, -0.2) is 9.37 Å². The Hall–Kier alpha value is -3.68. The number of carbonyl (C=O) groups is 1. The normalized spacial score (nSPS) is 10.5. The van der Waals surface area contributed by atoms with E-state index in [0.717, 1.165) is 0 Å². The van der Waals surface area contributed by atoms with Gasteiger partial charge in [-0.2, -0.15) is 0 Å². The Balaban J connectivity index is 1.97. The van der Waals surface area contributed by atoms with Crippen LogP contribution in [0.1, 0.15) is 12.6 Å². The smallest absolute Gasteiger partial charge is 0.254 e. The van der Waals surface area contributed by atoms with Gasteiger partial charge in [0.25, 0.3) is 5.56 Å². The number of hydrogen-bond acceptors (Lipinski definition) is 5. The quantitative estimate of drug-likeness (QED) is 0.645. The number of anilines is 1. The number of hydrogen-bond donors (Lipinski definition) is 1. The molecule has 0 aliphatic heterocycles. The van der Waals surface area contributed by atoms with Crippen molar-refractivity contribution in [3.05, 3.63) is 70.4 Å². The summed E-state index contributed by atoms with van der Waals surface area (Å²) in [5, 5.41) is 2.73. The minimum Gasteiger partial charge on any atom is -0.497 e. The third-order valence-electron chi connectivity index (χ3n) is 4.49. The molecule has 7 nitrogen and oxygen atoms in total. The Morgan fingerprint density at radius 2 is 1.93 bits per heavy atom. The molecule has 30 heavy (non-hydrogen) atoms. The predicted octanol–water partition coefficient (Wildman–Crippen LogP) is 3.27. The van der Waals surface area contributed by atoms with Crippen molar-refractivity contribution in [3.8, 4) is 22.9 Å². The van der Waals surface area contributed by atoms with Gasteiger partial charge in [-0.05, 0) is 30.7 Å². The minimum absolute atomic E-state index is 0.228. The number of methoxy groups -OCH3 is 2. The maximum absolute atomic E-state index is 13.8. The highest BCUT2D eigenvalue weighted by Gasteiger charge is 2.16. The van der Waals surface area contributed by atoms with Crippen LogP contribution in [0.3, 0.4) is 0 Å². The first-order chi connectivity index (χ1) is 14.4. The number of amides is 1. The zero-order valence-corrected chi connectivity index (χ0v) is 16.9. The van der Waals surface area contributed by atoms with Crippen LogP contribution < -0.4 is 20.3 Å². The fraction of sp³-hybridized carbons (Fsp3) is 0.227. The molecule has 0 saturated carbocycles. The Bertz CT molecular complexity index is 1130. The predicted molar refractivity (Wildman–Crippen MR) is 111 cm³/mol. The molecule has 1 amide bonds. The highest BCUT2D eigenvalue weighted by molar-refractivity contribution is 5.92. The minimum atomic E-state index is -0.465. The van der Waals surface area contributed by atoms with Crippen LogP contribution in [0.25, 0.3) is 11.4 Å². The molecule has 0 unspecified atom stereocenters. The first-order valence-corrected chi connectivity index (χ1v) is 9.33. The molecular formula is C22H22FN3O4. The topological polar surface area (TPSA) is 82.5 Å². The van der Waals surface area contributed by atoms with Crippen molar-refractivity contribution in [2.24, 2.45) is 0 Å². The van der Waals surface area contributed by atoms with E-state index in [1.54, 1.807) is 24.3 Å². The number of aromatic nitrogens is 2. The molecule has 0 bridgehead atoms. The van der Waals surface area contributed by atoms with Gasteiger partial charge in [0.05, 0.1) is 19.9 Å². The number of nitrogens with zero attached hydrogens (tertiary/aromatic N) is 2. The van der Waals surface area contributed by atoms with Gasteiger partial charge in [0.15, 0.2) is 0 Å². The van der Waals surface area contributed by atoms with E-state index < -0.39 is 17.3 Å². The van der Waals surface area contributed by atoms with Crippen molar-refractivity contribution in [2.45, 2.75) is 19.9 Å². The Morgan fingerprint density at radius 3 is 2.60 bits per heavy atom. The van der Waals surface area contributed by atoms with Crippen LogP contribution in [0.15, 0.2) is 53.3 Å². The highest BCUT2D eigenvalue weighted by Crippen LogP contribution is 2.29. The van der Waals surface area contributed by atoms with Gasteiger partial charge >= 0.3 is 0 Å². The summed E-state index contributed by atoms with van der Waals surface area (Å²) in [6.45, 7) is 1.56. The first-order valence-electron chi connectivity index (χ1n) is 9.33. The molecule has 0 atom stereocenters. The molecule has 0 aliphatic rings. The van der Waals surface area contributed by atoms with Gasteiger partial charge in [0.2, 0.25) is 5.91 Å². The molecule has 8 heteroatoms. The molecular weight excluding hydrogens is 389 g/mol. The van der Waals surface area contributed by atoms with Crippen molar-refractivity contribution in [2.75, 3.05) is 19.5 Å². The van der Waals surface area contributed by atoms with Crippen LogP contribution in [-0.4, -0.2) is 29.7 Å². The highest BCUT2D eigenvalue weighted by atomic mass is 19.1. The van der Waals surface area contributed by atoms with Gasteiger partial charge < -0.3 is 14.8 Å². The van der Waals surface area contributed by atoms with E-state index in [4.69, 9.17) is 9.47 Å². The van der Waals surface area contributed by atoms with E-state index in [-0.39, 0.29) is 12.4 Å². The van der Waals surface area contributed by atoms with Crippen LogP contribution in [0.2, 0.25) is 0 Å². The average Bonchev–Trinajstić information content (AvgIpc) is 2.74. The SMILES string of the molecule is CCc1cc(=O)n(CC(=O)Nc2cc(OC)ccc2OC)c(-c2cccc(F)c2)n1. The summed E-state index contributed by atoms with van der Waals surface area (Å²) in [5.41, 5.74) is 0.980. The average molecular weight is 411 g/mol. The third-order valence-corrected chi connectivity index (χ3v) is 4.49. The lowest BCUT2D eigenvalue weighted by molar-refractivity contribution is -0.116. The molecule has 0 radical (unpaired) electrons. The maximum Gasteiger partial charge on any atom is 0.254 e. The van der Waals surface area contributed by atoms with E-state index in [2.05, 4.69) is 10.3 Å². The summed E-state index contributed by atoms with van der Waals surface area (Å²) in [4.78, 5) is 29.9. The van der Waals surface area contributed by atoms with E-state index in [1.165, 1.54) is 43.1 Å². The Kier molecular flexibility index (Phi) is 6.46. The number of benzene rings is 2. The second kappa shape index (κ2) is 9.21. The van der Waals surface area contributed by atoms with Crippen LogP contribution >= 0.6 is 0 Å². The fourth-order valence-corrected chi connectivity index (χ4v) is 2.98. The van der Waals surface area contributed by atoms with E-state index in [9.17, 15) is 14.0 Å². The van der Waals surface area contributed by atoms with Crippen molar-refractivity contribution in [1.29, 1.82) is 0 Å². The lowest BCUT2D eigenvalue weighted by atomic mass is 10.2. The first kappa shape index (κ1) is 21.0. The summed E-state index contributed by atoms with van der Waals surface area (Å²) < 4.78 is 25.4. The molecule has 2 aromatic carbocycles. The van der Waals surface area contributed by atoms with Crippen LogP contribution in [-0.2, 0) is 17.8 Å². The van der Waals surface area contributed by atoms with Gasteiger partial charge in [0, 0.05) is 23.4 Å². The van der Waals surface area contributed by atoms with Crippen molar-refractivity contribution >= 4 is 11.6 Å². The fourth-order valence-electron chi connectivity index (χ4n) is 2.98.